The number of anilines is 1. The van der Waals surface area contributed by atoms with Crippen molar-refractivity contribution in [2.24, 2.45) is 0 Å². The summed E-state index contributed by atoms with van der Waals surface area (Å²) < 4.78 is 5.76. The molecule has 0 aliphatic heterocycles. The fourth-order valence-corrected chi connectivity index (χ4v) is 4.31. The van der Waals surface area contributed by atoms with Crippen LogP contribution in [-0.2, 0) is 11.2 Å². The van der Waals surface area contributed by atoms with Crippen molar-refractivity contribution in [2.45, 2.75) is 13.3 Å². The number of aryl methyl sites for hydroxylation is 1. The van der Waals surface area contributed by atoms with Gasteiger partial charge in [-0.15, -0.1) is 11.3 Å². The average Bonchev–Trinajstić information content (AvgIpc) is 3.44. The lowest BCUT2D eigenvalue weighted by Crippen LogP contribution is -2.13. The number of rotatable bonds is 6. The van der Waals surface area contributed by atoms with Gasteiger partial charge in [-0.05, 0) is 48.4 Å². The number of hydrogen-bond donors (Lipinski definition) is 1. The standard InChI is InChI=1S/C25H17Cl2N3O2S/c1-15-5-6-16(10-22(15)27)9-21-14-29-25(33-21)30-24(31)18(13-28)12-20-7-8-23(32-20)17-3-2-4-19(26)11-17/h2-8,10-12,14H,9H2,1H3,(H,29,30,31)/b18-12+. The monoisotopic (exact) mass is 493 g/mol. The lowest BCUT2D eigenvalue weighted by atomic mass is 10.1. The summed E-state index contributed by atoms with van der Waals surface area (Å²) in [4.78, 5) is 17.8. The van der Waals surface area contributed by atoms with E-state index in [-0.39, 0.29) is 5.57 Å². The molecule has 2 heterocycles. The Morgan fingerprint density at radius 2 is 2.06 bits per heavy atom. The van der Waals surface area contributed by atoms with E-state index in [1.807, 2.05) is 43.3 Å². The van der Waals surface area contributed by atoms with Gasteiger partial charge in [0.05, 0.1) is 0 Å². The number of aromatic nitrogens is 1. The van der Waals surface area contributed by atoms with Crippen molar-refractivity contribution < 1.29 is 9.21 Å². The first-order valence-electron chi connectivity index (χ1n) is 9.90. The molecule has 33 heavy (non-hydrogen) atoms. The maximum atomic E-state index is 12.6. The number of halogens is 2. The van der Waals surface area contributed by atoms with Crippen LogP contribution in [0.5, 0.6) is 0 Å². The molecule has 0 atom stereocenters. The van der Waals surface area contributed by atoms with E-state index in [4.69, 9.17) is 27.6 Å². The summed E-state index contributed by atoms with van der Waals surface area (Å²) in [6.07, 6.45) is 3.74. The van der Waals surface area contributed by atoms with Gasteiger partial charge in [-0.25, -0.2) is 4.98 Å². The van der Waals surface area contributed by atoms with E-state index in [1.54, 1.807) is 30.5 Å². The maximum Gasteiger partial charge on any atom is 0.268 e. The van der Waals surface area contributed by atoms with E-state index >= 15 is 0 Å². The summed E-state index contributed by atoms with van der Waals surface area (Å²) in [5.74, 6) is 0.410. The molecule has 4 aromatic rings. The third kappa shape index (κ3) is 5.71. The highest BCUT2D eigenvalue weighted by Gasteiger charge is 2.14. The molecule has 1 N–H and O–H groups in total. The summed E-state index contributed by atoms with van der Waals surface area (Å²) in [6, 6.07) is 18.5. The molecule has 0 unspecified atom stereocenters. The highest BCUT2D eigenvalue weighted by atomic mass is 35.5. The van der Waals surface area contributed by atoms with Crippen LogP contribution >= 0.6 is 34.5 Å². The first-order valence-corrected chi connectivity index (χ1v) is 11.5. The molecule has 0 spiro atoms. The lowest BCUT2D eigenvalue weighted by Gasteiger charge is -2.02. The molecule has 0 radical (unpaired) electrons. The van der Waals surface area contributed by atoms with Gasteiger partial charge in [-0.3, -0.25) is 10.1 Å². The number of amides is 1. The first kappa shape index (κ1) is 22.8. The number of hydrogen-bond acceptors (Lipinski definition) is 5. The molecule has 5 nitrogen and oxygen atoms in total. The van der Waals surface area contributed by atoms with Crippen molar-refractivity contribution in [2.75, 3.05) is 5.32 Å². The Hall–Kier alpha value is -3.37. The summed E-state index contributed by atoms with van der Waals surface area (Å²) in [7, 11) is 0. The van der Waals surface area contributed by atoms with Crippen molar-refractivity contribution in [3.8, 4) is 17.4 Å². The number of carbonyl (C=O) groups excluding carboxylic acids is 1. The Morgan fingerprint density at radius 3 is 2.82 bits per heavy atom. The van der Waals surface area contributed by atoms with Gasteiger partial charge >= 0.3 is 0 Å². The van der Waals surface area contributed by atoms with Crippen LogP contribution in [0.1, 0.15) is 21.8 Å². The van der Waals surface area contributed by atoms with Crippen LogP contribution in [0.3, 0.4) is 0 Å². The van der Waals surface area contributed by atoms with Crippen molar-refractivity contribution in [3.63, 3.8) is 0 Å². The van der Waals surface area contributed by atoms with Crippen LogP contribution in [0.15, 0.2) is 70.8 Å². The molecule has 0 bridgehead atoms. The third-order valence-electron chi connectivity index (χ3n) is 4.78. The van der Waals surface area contributed by atoms with E-state index in [1.165, 1.54) is 17.4 Å². The molecule has 0 aliphatic rings. The smallest absolute Gasteiger partial charge is 0.268 e. The highest BCUT2D eigenvalue weighted by molar-refractivity contribution is 7.15. The van der Waals surface area contributed by atoms with Crippen molar-refractivity contribution in [1.29, 1.82) is 5.26 Å². The summed E-state index contributed by atoms with van der Waals surface area (Å²) in [5.41, 5.74) is 2.78. The minimum Gasteiger partial charge on any atom is -0.457 e. The molecule has 164 valence electrons. The number of nitriles is 1. The third-order valence-corrected chi connectivity index (χ3v) is 6.33. The molecule has 0 aliphatic carbocycles. The second-order valence-electron chi connectivity index (χ2n) is 7.23. The molecule has 4 rings (SSSR count). The summed E-state index contributed by atoms with van der Waals surface area (Å²) >= 11 is 13.6. The fraction of sp³-hybridized carbons (Fsp3) is 0.0800. The molecular formula is C25H17Cl2N3O2S. The Balaban J connectivity index is 1.45. The Labute approximate surface area is 204 Å². The van der Waals surface area contributed by atoms with Crippen LogP contribution in [-0.4, -0.2) is 10.9 Å². The zero-order valence-corrected chi connectivity index (χ0v) is 19.8. The lowest BCUT2D eigenvalue weighted by molar-refractivity contribution is -0.112. The normalized spacial score (nSPS) is 11.3. The van der Waals surface area contributed by atoms with Crippen LogP contribution in [0.4, 0.5) is 5.13 Å². The minimum atomic E-state index is -0.558. The molecule has 2 aromatic heterocycles. The zero-order valence-electron chi connectivity index (χ0n) is 17.4. The zero-order chi connectivity index (χ0) is 23.4. The van der Waals surface area contributed by atoms with Crippen LogP contribution in [0.25, 0.3) is 17.4 Å². The summed E-state index contributed by atoms with van der Waals surface area (Å²) in [6.45, 7) is 1.95. The first-order chi connectivity index (χ1) is 15.9. The number of carbonyl (C=O) groups is 1. The Bertz CT molecular complexity index is 1400. The van der Waals surface area contributed by atoms with Gasteiger partial charge in [0, 0.05) is 39.2 Å². The largest absolute Gasteiger partial charge is 0.457 e. The second kappa shape index (κ2) is 10.1. The molecule has 0 saturated carbocycles. The molecular weight excluding hydrogens is 477 g/mol. The van der Waals surface area contributed by atoms with Crippen LogP contribution in [0, 0.1) is 18.3 Å². The Kier molecular flexibility index (Phi) is 6.95. The summed E-state index contributed by atoms with van der Waals surface area (Å²) in [5, 5.41) is 13.9. The number of nitrogens with one attached hydrogen (secondary N) is 1. The fourth-order valence-electron chi connectivity index (χ4n) is 3.08. The molecule has 2 aromatic carbocycles. The minimum absolute atomic E-state index is 0.0935. The quantitative estimate of drug-likeness (QED) is 0.228. The Morgan fingerprint density at radius 1 is 1.21 bits per heavy atom. The van der Waals surface area contributed by atoms with E-state index in [2.05, 4.69) is 10.3 Å². The number of furan rings is 1. The SMILES string of the molecule is Cc1ccc(Cc2cnc(NC(=O)/C(C#N)=C/c3ccc(-c4cccc(Cl)c4)o3)s2)cc1Cl. The predicted molar refractivity (Wildman–Crippen MR) is 132 cm³/mol. The number of thiazole rings is 1. The van der Waals surface area contributed by atoms with Crippen molar-refractivity contribution in [1.82, 2.24) is 4.98 Å². The van der Waals surface area contributed by atoms with E-state index in [9.17, 15) is 10.1 Å². The number of nitrogens with zero attached hydrogens (tertiary/aromatic N) is 2. The van der Waals surface area contributed by atoms with E-state index in [0.29, 0.717) is 33.1 Å². The van der Waals surface area contributed by atoms with Crippen LogP contribution in [0.2, 0.25) is 10.0 Å². The molecule has 8 heteroatoms. The highest BCUT2D eigenvalue weighted by Crippen LogP contribution is 2.27. The second-order valence-corrected chi connectivity index (χ2v) is 9.19. The maximum absolute atomic E-state index is 12.6. The van der Waals surface area contributed by atoms with Gasteiger partial charge < -0.3 is 4.42 Å². The van der Waals surface area contributed by atoms with Gasteiger partial charge in [-0.1, -0.05) is 47.5 Å². The van der Waals surface area contributed by atoms with Gasteiger partial charge in [0.1, 0.15) is 23.2 Å². The van der Waals surface area contributed by atoms with Crippen LogP contribution < -0.4 is 5.32 Å². The van der Waals surface area contributed by atoms with E-state index in [0.717, 1.165) is 21.6 Å². The average molecular weight is 494 g/mol. The molecule has 1 amide bonds. The van der Waals surface area contributed by atoms with Gasteiger partial charge in [0.2, 0.25) is 0 Å². The number of benzene rings is 2. The molecule has 0 fully saturated rings. The predicted octanol–water partition coefficient (Wildman–Crippen LogP) is 7.15. The van der Waals surface area contributed by atoms with Crippen molar-refractivity contribution in [3.05, 3.63) is 98.2 Å². The van der Waals surface area contributed by atoms with Gasteiger partial charge in [0.25, 0.3) is 5.91 Å². The van der Waals surface area contributed by atoms with Gasteiger partial charge in [0.15, 0.2) is 5.13 Å². The van der Waals surface area contributed by atoms with Gasteiger partial charge in [-0.2, -0.15) is 5.26 Å². The van der Waals surface area contributed by atoms with Crippen molar-refractivity contribution >= 4 is 51.7 Å². The topological polar surface area (TPSA) is 78.9 Å². The molecule has 0 saturated heterocycles. The van der Waals surface area contributed by atoms with E-state index < -0.39 is 5.91 Å².